The van der Waals surface area contributed by atoms with Gasteiger partial charge in [0.15, 0.2) is 0 Å². The van der Waals surface area contributed by atoms with Gasteiger partial charge in [-0.3, -0.25) is 4.79 Å². The molecule has 1 N–H and O–H groups in total. The van der Waals surface area contributed by atoms with Crippen molar-refractivity contribution in [2.75, 3.05) is 5.32 Å². The molecule has 1 amide bonds. The molecule has 1 aromatic heterocycles. The number of rotatable bonds is 4. The van der Waals surface area contributed by atoms with Crippen LogP contribution in [0.4, 0.5) is 10.1 Å². The van der Waals surface area contributed by atoms with Gasteiger partial charge in [-0.2, -0.15) is 5.26 Å². The minimum absolute atomic E-state index is 0.0677. The van der Waals surface area contributed by atoms with Crippen LogP contribution in [0.5, 0.6) is 0 Å². The van der Waals surface area contributed by atoms with E-state index >= 15 is 0 Å². The Morgan fingerprint density at radius 1 is 1.42 bits per heavy atom. The Morgan fingerprint density at radius 3 is 2.75 bits per heavy atom. The van der Waals surface area contributed by atoms with Crippen LogP contribution in [0, 0.1) is 31.0 Å². The molecule has 8 heteroatoms. The molecule has 124 valence electrons. The van der Waals surface area contributed by atoms with Gasteiger partial charge in [0, 0.05) is 5.69 Å². The number of nitriles is 1. The number of hydrogen-bond acceptors (Lipinski definition) is 5. The second kappa shape index (κ2) is 7.60. The molecule has 0 bridgehead atoms. The van der Waals surface area contributed by atoms with Crippen molar-refractivity contribution in [2.24, 2.45) is 0 Å². The third kappa shape index (κ3) is 4.22. The predicted octanol–water partition coefficient (Wildman–Crippen LogP) is 3.88. The summed E-state index contributed by atoms with van der Waals surface area (Å²) in [6.07, 6.45) is 0. The number of halogens is 2. The van der Waals surface area contributed by atoms with Gasteiger partial charge < -0.3 is 5.32 Å². The van der Waals surface area contributed by atoms with Gasteiger partial charge in [-0.1, -0.05) is 23.4 Å². The van der Waals surface area contributed by atoms with E-state index in [1.165, 1.54) is 30.0 Å². The molecular weight excluding hydrogens is 351 g/mol. The highest BCUT2D eigenvalue weighted by Crippen LogP contribution is 2.27. The van der Waals surface area contributed by atoms with Gasteiger partial charge in [-0.15, -0.1) is 0 Å². The second-order valence-corrected chi connectivity index (χ2v) is 6.76. The van der Waals surface area contributed by atoms with Crippen LogP contribution in [-0.4, -0.2) is 21.1 Å². The molecule has 1 aromatic carbocycles. The molecule has 0 saturated carbocycles. The summed E-state index contributed by atoms with van der Waals surface area (Å²) in [6, 6.07) is 6.01. The van der Waals surface area contributed by atoms with Gasteiger partial charge in [-0.05, 0) is 39.0 Å². The van der Waals surface area contributed by atoms with E-state index in [1.54, 1.807) is 20.8 Å². The number of aromatic nitrogens is 2. The first kappa shape index (κ1) is 18.2. The van der Waals surface area contributed by atoms with Crippen LogP contribution >= 0.6 is 23.4 Å². The molecule has 0 fully saturated rings. The number of carbonyl (C=O) groups is 1. The lowest BCUT2D eigenvalue weighted by atomic mass is 10.3. The van der Waals surface area contributed by atoms with Crippen LogP contribution in [0.3, 0.4) is 0 Å². The van der Waals surface area contributed by atoms with Gasteiger partial charge in [0.05, 0.1) is 16.0 Å². The quantitative estimate of drug-likeness (QED) is 0.658. The van der Waals surface area contributed by atoms with E-state index in [9.17, 15) is 14.4 Å². The maximum atomic E-state index is 13.1. The summed E-state index contributed by atoms with van der Waals surface area (Å²) in [4.78, 5) is 20.7. The fourth-order valence-electron chi connectivity index (χ4n) is 1.93. The number of carbonyl (C=O) groups excluding carboxylic acids is 1. The minimum atomic E-state index is -0.553. The summed E-state index contributed by atoms with van der Waals surface area (Å²) in [6.45, 7) is 5.14. The lowest BCUT2D eigenvalue weighted by Gasteiger charge is -2.13. The van der Waals surface area contributed by atoms with E-state index in [0.717, 1.165) is 0 Å². The van der Waals surface area contributed by atoms with Crippen molar-refractivity contribution in [2.45, 2.75) is 31.0 Å². The Kier molecular flexibility index (Phi) is 5.75. The van der Waals surface area contributed by atoms with Gasteiger partial charge >= 0.3 is 0 Å². The van der Waals surface area contributed by atoms with Crippen molar-refractivity contribution < 1.29 is 9.18 Å². The van der Waals surface area contributed by atoms with Crippen molar-refractivity contribution in [3.05, 3.63) is 46.1 Å². The van der Waals surface area contributed by atoms with Crippen molar-refractivity contribution in [1.82, 2.24) is 9.97 Å². The smallest absolute Gasteiger partial charge is 0.237 e. The van der Waals surface area contributed by atoms with Crippen molar-refractivity contribution in [3.63, 3.8) is 0 Å². The Hall–Kier alpha value is -2.17. The number of amides is 1. The first-order valence-corrected chi connectivity index (χ1v) is 8.25. The van der Waals surface area contributed by atoms with Crippen molar-refractivity contribution in [1.29, 1.82) is 5.26 Å². The molecule has 1 heterocycles. The minimum Gasteiger partial charge on any atom is -0.325 e. The number of benzene rings is 1. The Balaban J connectivity index is 2.15. The maximum absolute atomic E-state index is 13.1. The molecule has 0 aliphatic carbocycles. The van der Waals surface area contributed by atoms with Crippen LogP contribution in [0.2, 0.25) is 5.02 Å². The summed E-state index contributed by atoms with van der Waals surface area (Å²) < 4.78 is 13.1. The van der Waals surface area contributed by atoms with E-state index in [4.69, 9.17) is 11.6 Å². The molecule has 0 saturated heterocycles. The van der Waals surface area contributed by atoms with E-state index in [1.807, 2.05) is 0 Å². The zero-order valence-electron chi connectivity index (χ0n) is 13.2. The van der Waals surface area contributed by atoms with E-state index in [-0.39, 0.29) is 10.9 Å². The number of anilines is 1. The first-order valence-electron chi connectivity index (χ1n) is 6.99. The fraction of sp³-hybridized carbons (Fsp3) is 0.250. The predicted molar refractivity (Wildman–Crippen MR) is 91.6 cm³/mol. The zero-order chi connectivity index (χ0) is 17.9. The van der Waals surface area contributed by atoms with Crippen LogP contribution in [0.1, 0.15) is 24.0 Å². The molecule has 2 aromatic rings. The third-order valence-corrected chi connectivity index (χ3v) is 4.50. The number of nitrogens with one attached hydrogen (secondary N) is 1. The highest BCUT2D eigenvalue weighted by molar-refractivity contribution is 8.00. The van der Waals surface area contributed by atoms with Crippen LogP contribution in [0.15, 0.2) is 23.2 Å². The second-order valence-electron chi connectivity index (χ2n) is 5.03. The number of hydrogen-bond donors (Lipinski definition) is 1. The lowest BCUT2D eigenvalue weighted by molar-refractivity contribution is -0.115. The molecule has 0 aliphatic rings. The average molecular weight is 365 g/mol. The fourth-order valence-corrected chi connectivity index (χ4v) is 3.11. The zero-order valence-corrected chi connectivity index (χ0v) is 14.8. The van der Waals surface area contributed by atoms with Crippen molar-refractivity contribution >= 4 is 35.0 Å². The first-order chi connectivity index (χ1) is 11.3. The van der Waals surface area contributed by atoms with E-state index in [2.05, 4.69) is 21.4 Å². The average Bonchev–Trinajstić information content (AvgIpc) is 2.50. The van der Waals surface area contributed by atoms with Gasteiger partial charge in [-0.25, -0.2) is 14.4 Å². The standard InChI is InChI=1S/C16H14ClFN4OS/c1-8-12(7-19)16(21-10(3)20-8)24-9(2)15(23)22-11-4-5-14(18)13(17)6-11/h4-6,9H,1-3H3,(H,22,23). The topological polar surface area (TPSA) is 78.7 Å². The summed E-state index contributed by atoms with van der Waals surface area (Å²) in [5.74, 6) is -0.324. The summed E-state index contributed by atoms with van der Waals surface area (Å²) in [7, 11) is 0. The van der Waals surface area contributed by atoms with Gasteiger partial charge in [0.1, 0.15) is 28.3 Å². The largest absolute Gasteiger partial charge is 0.325 e. The highest BCUT2D eigenvalue weighted by Gasteiger charge is 2.19. The van der Waals surface area contributed by atoms with E-state index < -0.39 is 11.1 Å². The molecule has 5 nitrogen and oxygen atoms in total. The molecule has 1 unspecified atom stereocenters. The Morgan fingerprint density at radius 2 is 2.12 bits per heavy atom. The molecule has 24 heavy (non-hydrogen) atoms. The lowest BCUT2D eigenvalue weighted by Crippen LogP contribution is -2.22. The molecular formula is C16H14ClFN4OS. The monoisotopic (exact) mass is 364 g/mol. The molecule has 0 radical (unpaired) electrons. The van der Waals surface area contributed by atoms with Crippen LogP contribution in [0.25, 0.3) is 0 Å². The maximum Gasteiger partial charge on any atom is 0.237 e. The summed E-state index contributed by atoms with van der Waals surface area (Å²) >= 11 is 6.86. The third-order valence-electron chi connectivity index (χ3n) is 3.13. The van der Waals surface area contributed by atoms with Crippen LogP contribution < -0.4 is 5.32 Å². The highest BCUT2D eigenvalue weighted by atomic mass is 35.5. The van der Waals surface area contributed by atoms with E-state index in [0.29, 0.717) is 27.8 Å². The Bertz CT molecular complexity index is 838. The van der Waals surface area contributed by atoms with Crippen LogP contribution in [-0.2, 0) is 4.79 Å². The summed E-state index contributed by atoms with van der Waals surface area (Å²) in [5.41, 5.74) is 1.33. The number of aryl methyl sites for hydroxylation is 2. The molecule has 0 spiro atoms. The normalized spacial score (nSPS) is 11.7. The molecule has 2 rings (SSSR count). The van der Waals surface area contributed by atoms with Gasteiger partial charge in [0.2, 0.25) is 5.91 Å². The number of thioether (sulfide) groups is 1. The SMILES string of the molecule is Cc1nc(C)c(C#N)c(SC(C)C(=O)Nc2ccc(F)c(Cl)c2)n1. The van der Waals surface area contributed by atoms with Gasteiger partial charge in [0.25, 0.3) is 0 Å². The summed E-state index contributed by atoms with van der Waals surface area (Å²) in [5, 5.41) is 11.8. The Labute approximate surface area is 148 Å². The molecule has 1 atom stereocenters. The van der Waals surface area contributed by atoms with Crippen molar-refractivity contribution in [3.8, 4) is 6.07 Å². The number of nitrogens with zero attached hydrogens (tertiary/aromatic N) is 3. The molecule has 0 aliphatic heterocycles.